The van der Waals surface area contributed by atoms with E-state index in [0.29, 0.717) is 23.1 Å². The number of aromatic amines is 1. The number of nitrogens with one attached hydrogen (secondary N) is 2. The van der Waals surface area contributed by atoms with Crippen LogP contribution in [-0.2, 0) is 0 Å². The van der Waals surface area contributed by atoms with E-state index in [1.807, 2.05) is 6.07 Å². The Morgan fingerprint density at radius 2 is 2.17 bits per heavy atom. The highest BCUT2D eigenvalue weighted by atomic mass is 16.1. The Balaban J connectivity index is 1.49. The molecule has 8 nitrogen and oxygen atoms in total. The van der Waals surface area contributed by atoms with E-state index in [-0.39, 0.29) is 5.91 Å². The summed E-state index contributed by atoms with van der Waals surface area (Å²) < 4.78 is 1.50. The van der Waals surface area contributed by atoms with Crippen molar-refractivity contribution in [3.63, 3.8) is 0 Å². The molecular formula is C16H17N7O. The van der Waals surface area contributed by atoms with E-state index in [0.717, 1.165) is 5.69 Å². The number of carbonyl (C=O) groups is 1. The Morgan fingerprint density at radius 1 is 1.29 bits per heavy atom. The highest BCUT2D eigenvalue weighted by molar-refractivity contribution is 6.03. The Bertz CT molecular complexity index is 834. The summed E-state index contributed by atoms with van der Waals surface area (Å²) in [6, 6.07) is 5.24. The lowest BCUT2D eigenvalue weighted by atomic mass is 10.0. The third-order valence-corrected chi connectivity index (χ3v) is 4.30. The molecule has 1 aliphatic carbocycles. The van der Waals surface area contributed by atoms with Crippen LogP contribution in [0.4, 0.5) is 5.82 Å². The summed E-state index contributed by atoms with van der Waals surface area (Å²) in [6.07, 6.45) is 9.40. The van der Waals surface area contributed by atoms with E-state index < -0.39 is 0 Å². The quantitative estimate of drug-likeness (QED) is 0.767. The second kappa shape index (κ2) is 6.23. The number of aromatic nitrogens is 6. The number of amides is 1. The van der Waals surface area contributed by atoms with Crippen LogP contribution in [0.5, 0.6) is 0 Å². The first-order valence-corrected chi connectivity index (χ1v) is 7.97. The van der Waals surface area contributed by atoms with Gasteiger partial charge in [0.05, 0.1) is 0 Å². The Labute approximate surface area is 138 Å². The lowest BCUT2D eigenvalue weighted by molar-refractivity contribution is 0.102. The fraction of sp³-hybridized carbons (Fsp3) is 0.312. The molecule has 8 heteroatoms. The molecule has 1 saturated carbocycles. The average Bonchev–Trinajstić information content (AvgIpc) is 3.36. The Hall–Kier alpha value is -3.03. The van der Waals surface area contributed by atoms with Gasteiger partial charge in [-0.1, -0.05) is 12.8 Å². The van der Waals surface area contributed by atoms with Crippen molar-refractivity contribution in [3.8, 4) is 5.82 Å². The second-order valence-corrected chi connectivity index (χ2v) is 5.89. The van der Waals surface area contributed by atoms with Gasteiger partial charge in [-0.25, -0.2) is 14.6 Å². The van der Waals surface area contributed by atoms with Crippen LogP contribution in [0.3, 0.4) is 0 Å². The van der Waals surface area contributed by atoms with Gasteiger partial charge in [0.25, 0.3) is 5.91 Å². The van der Waals surface area contributed by atoms with Crippen molar-refractivity contribution in [1.82, 2.24) is 29.9 Å². The van der Waals surface area contributed by atoms with Crippen LogP contribution in [0, 0.1) is 0 Å². The largest absolute Gasteiger partial charge is 0.305 e. The van der Waals surface area contributed by atoms with E-state index >= 15 is 0 Å². The highest BCUT2D eigenvalue weighted by Gasteiger charge is 2.19. The van der Waals surface area contributed by atoms with Crippen molar-refractivity contribution in [1.29, 1.82) is 0 Å². The van der Waals surface area contributed by atoms with Crippen LogP contribution >= 0.6 is 0 Å². The van der Waals surface area contributed by atoms with Gasteiger partial charge in [-0.15, -0.1) is 0 Å². The zero-order chi connectivity index (χ0) is 16.4. The van der Waals surface area contributed by atoms with Gasteiger partial charge in [0.15, 0.2) is 11.6 Å². The normalized spacial score (nSPS) is 14.8. The molecule has 2 N–H and O–H groups in total. The van der Waals surface area contributed by atoms with E-state index in [4.69, 9.17) is 0 Å². The molecule has 3 aromatic rings. The molecule has 1 fully saturated rings. The number of anilines is 1. The molecule has 0 atom stereocenters. The van der Waals surface area contributed by atoms with Crippen LogP contribution < -0.4 is 5.32 Å². The van der Waals surface area contributed by atoms with Crippen molar-refractivity contribution in [3.05, 3.63) is 48.3 Å². The lowest BCUT2D eigenvalue weighted by Crippen LogP contribution is -2.13. The fourth-order valence-electron chi connectivity index (χ4n) is 3.05. The molecule has 0 bridgehead atoms. The van der Waals surface area contributed by atoms with E-state index in [2.05, 4.69) is 30.6 Å². The molecule has 3 heterocycles. The van der Waals surface area contributed by atoms with Crippen molar-refractivity contribution < 1.29 is 4.79 Å². The van der Waals surface area contributed by atoms with Gasteiger partial charge in [0, 0.05) is 29.4 Å². The first-order valence-electron chi connectivity index (χ1n) is 7.97. The number of nitrogens with zero attached hydrogens (tertiary/aromatic N) is 5. The van der Waals surface area contributed by atoms with E-state index in [9.17, 15) is 4.79 Å². The number of carbonyl (C=O) groups excluding carboxylic acids is 1. The molecule has 24 heavy (non-hydrogen) atoms. The predicted molar refractivity (Wildman–Crippen MR) is 86.9 cm³/mol. The Morgan fingerprint density at radius 3 is 2.96 bits per heavy atom. The number of H-pyrrole nitrogens is 1. The molecule has 0 aromatic carbocycles. The summed E-state index contributed by atoms with van der Waals surface area (Å²) in [7, 11) is 0. The minimum atomic E-state index is -0.233. The van der Waals surface area contributed by atoms with Gasteiger partial charge in [-0.3, -0.25) is 9.89 Å². The van der Waals surface area contributed by atoms with Gasteiger partial charge in [0.1, 0.15) is 12.7 Å². The first-order chi connectivity index (χ1) is 11.8. The number of hydrogen-bond acceptors (Lipinski definition) is 5. The number of pyridine rings is 1. The molecule has 4 rings (SSSR count). The highest BCUT2D eigenvalue weighted by Crippen LogP contribution is 2.33. The van der Waals surface area contributed by atoms with Crippen LogP contribution in [0.25, 0.3) is 5.82 Å². The van der Waals surface area contributed by atoms with Crippen molar-refractivity contribution in [2.75, 3.05) is 5.32 Å². The summed E-state index contributed by atoms with van der Waals surface area (Å²) in [5.41, 5.74) is 1.58. The zero-order valence-electron chi connectivity index (χ0n) is 13.0. The molecule has 1 amide bonds. The second-order valence-electron chi connectivity index (χ2n) is 5.89. The number of rotatable bonds is 4. The smallest absolute Gasteiger partial charge is 0.257 e. The molecule has 0 spiro atoms. The minimum absolute atomic E-state index is 0.233. The maximum absolute atomic E-state index is 12.4. The summed E-state index contributed by atoms with van der Waals surface area (Å²) in [5, 5.41) is 14.1. The maximum atomic E-state index is 12.4. The summed E-state index contributed by atoms with van der Waals surface area (Å²) >= 11 is 0. The van der Waals surface area contributed by atoms with Gasteiger partial charge < -0.3 is 5.32 Å². The lowest BCUT2D eigenvalue weighted by Gasteiger charge is -2.05. The topological polar surface area (TPSA) is 101 Å². The molecule has 0 unspecified atom stereocenters. The van der Waals surface area contributed by atoms with Gasteiger partial charge in [0.2, 0.25) is 0 Å². The third-order valence-electron chi connectivity index (χ3n) is 4.30. The van der Waals surface area contributed by atoms with Crippen molar-refractivity contribution >= 4 is 11.7 Å². The van der Waals surface area contributed by atoms with E-state index in [1.54, 1.807) is 18.3 Å². The molecule has 0 saturated heterocycles. The summed E-state index contributed by atoms with van der Waals surface area (Å²) in [6.45, 7) is 0. The minimum Gasteiger partial charge on any atom is -0.305 e. The third kappa shape index (κ3) is 2.90. The zero-order valence-corrected chi connectivity index (χ0v) is 13.0. The monoisotopic (exact) mass is 323 g/mol. The summed E-state index contributed by atoms with van der Waals surface area (Å²) in [5.74, 6) is 1.38. The molecule has 0 aliphatic heterocycles. The first kappa shape index (κ1) is 14.6. The fourth-order valence-corrected chi connectivity index (χ4v) is 3.05. The van der Waals surface area contributed by atoms with Crippen LogP contribution in [0.1, 0.15) is 47.7 Å². The van der Waals surface area contributed by atoms with Gasteiger partial charge in [-0.05, 0) is 25.0 Å². The SMILES string of the molecule is O=C(Nc1cc(C2CCCC2)[nH]n1)c1ccnc(-n2cncn2)c1. The summed E-state index contributed by atoms with van der Waals surface area (Å²) in [4.78, 5) is 20.5. The van der Waals surface area contributed by atoms with Gasteiger partial charge in [-0.2, -0.15) is 10.2 Å². The van der Waals surface area contributed by atoms with Crippen LogP contribution in [0.2, 0.25) is 0 Å². The van der Waals surface area contributed by atoms with Crippen LogP contribution in [0.15, 0.2) is 37.1 Å². The molecule has 122 valence electrons. The molecule has 0 radical (unpaired) electrons. The molecule has 3 aromatic heterocycles. The predicted octanol–water partition coefficient (Wildman–Crippen LogP) is 2.30. The average molecular weight is 323 g/mol. The van der Waals surface area contributed by atoms with E-state index in [1.165, 1.54) is 43.0 Å². The maximum Gasteiger partial charge on any atom is 0.257 e. The Kier molecular flexibility index (Phi) is 3.78. The number of hydrogen-bond donors (Lipinski definition) is 2. The standard InChI is InChI=1S/C16H17N7O/c24-16(12-5-6-18-15(7-12)23-10-17-9-19-23)20-14-8-13(21-22-14)11-3-1-2-4-11/h5-11H,1-4H2,(H2,20,21,22,24). The van der Waals surface area contributed by atoms with Crippen LogP contribution in [-0.4, -0.2) is 35.9 Å². The molecule has 1 aliphatic rings. The van der Waals surface area contributed by atoms with Crippen molar-refractivity contribution in [2.45, 2.75) is 31.6 Å². The van der Waals surface area contributed by atoms with Crippen molar-refractivity contribution in [2.24, 2.45) is 0 Å². The molecular weight excluding hydrogens is 306 g/mol. The van der Waals surface area contributed by atoms with Gasteiger partial charge >= 0.3 is 0 Å².